The maximum Gasteiger partial charge on any atom is 0.124 e. The van der Waals surface area contributed by atoms with Crippen LogP contribution in [0.15, 0.2) is 48.5 Å². The third-order valence-corrected chi connectivity index (χ3v) is 4.22. The fourth-order valence-electron chi connectivity index (χ4n) is 3.29. The van der Waals surface area contributed by atoms with E-state index in [1.54, 1.807) is 0 Å². The van der Waals surface area contributed by atoms with Gasteiger partial charge in [-0.15, -0.1) is 12.4 Å². The highest BCUT2D eigenvalue weighted by atomic mass is 35.5. The van der Waals surface area contributed by atoms with Gasteiger partial charge in [-0.05, 0) is 49.4 Å². The second-order valence-electron chi connectivity index (χ2n) is 8.50. The lowest BCUT2D eigenvalue weighted by atomic mass is 9.82. The average Bonchev–Trinajstić information content (AvgIpc) is 2.51. The van der Waals surface area contributed by atoms with Crippen LogP contribution in [0.4, 0.5) is 0 Å². The van der Waals surface area contributed by atoms with Gasteiger partial charge in [-0.2, -0.15) is 0 Å². The van der Waals surface area contributed by atoms with E-state index in [1.807, 2.05) is 36.4 Å². The van der Waals surface area contributed by atoms with E-state index in [0.717, 1.165) is 34.9 Å². The van der Waals surface area contributed by atoms with Crippen LogP contribution >= 0.6 is 24.0 Å². The number of rotatable bonds is 7. The summed E-state index contributed by atoms with van der Waals surface area (Å²) in [6, 6.07) is 16.0. The number of hydrogen-bond acceptors (Lipinski definition) is 2. The van der Waals surface area contributed by atoms with Crippen molar-refractivity contribution >= 4 is 24.0 Å². The van der Waals surface area contributed by atoms with Crippen LogP contribution < -0.4 is 10.1 Å². The number of hydrogen-bond donors (Lipinski definition) is 1. The van der Waals surface area contributed by atoms with E-state index in [9.17, 15) is 0 Å². The Hall–Kier alpha value is -1.22. The summed E-state index contributed by atoms with van der Waals surface area (Å²) < 4.78 is 6.05. The molecular formula is C22H31Cl2NO. The Bertz CT molecular complexity index is 678. The molecule has 1 N–H and O–H groups in total. The smallest absolute Gasteiger partial charge is 0.124 e. The van der Waals surface area contributed by atoms with Crippen molar-refractivity contribution in [3.05, 3.63) is 64.7 Å². The van der Waals surface area contributed by atoms with E-state index in [0.29, 0.717) is 6.61 Å². The molecule has 0 atom stereocenters. The van der Waals surface area contributed by atoms with E-state index < -0.39 is 0 Å². The lowest BCUT2D eigenvalue weighted by Crippen LogP contribution is -2.41. The van der Waals surface area contributed by atoms with Crippen molar-refractivity contribution in [1.29, 1.82) is 0 Å². The molecule has 144 valence electrons. The molecule has 0 aliphatic rings. The third-order valence-electron chi connectivity index (χ3n) is 3.99. The quantitative estimate of drug-likeness (QED) is 0.566. The molecule has 0 unspecified atom stereocenters. The summed E-state index contributed by atoms with van der Waals surface area (Å²) >= 11 is 6.21. The first-order chi connectivity index (χ1) is 11.6. The molecular weight excluding hydrogens is 365 g/mol. The Kier molecular flexibility index (Phi) is 8.46. The monoisotopic (exact) mass is 395 g/mol. The van der Waals surface area contributed by atoms with Gasteiger partial charge in [0.1, 0.15) is 12.4 Å². The summed E-state index contributed by atoms with van der Waals surface area (Å²) in [5.41, 5.74) is 2.56. The first-order valence-corrected chi connectivity index (χ1v) is 9.23. The van der Waals surface area contributed by atoms with E-state index in [2.05, 4.69) is 52.1 Å². The number of benzene rings is 2. The SMILES string of the molecule is CC(C)(C)CC(C)(C)NCc1cc(Cl)ccc1OCc1ccccc1.Cl. The Balaban J connectivity index is 0.00000338. The lowest BCUT2D eigenvalue weighted by molar-refractivity contribution is 0.238. The fraction of sp³-hybridized carbons (Fsp3) is 0.455. The molecule has 0 bridgehead atoms. The average molecular weight is 396 g/mol. The molecule has 0 heterocycles. The molecule has 2 nitrogen and oxygen atoms in total. The minimum absolute atomic E-state index is 0. The molecule has 2 aromatic rings. The standard InChI is InChI=1S/C22H30ClNO.ClH/c1-21(2,3)16-22(4,5)24-14-18-13-19(23)11-12-20(18)25-15-17-9-7-6-8-10-17;/h6-13,24H,14-16H2,1-5H3;1H. The van der Waals surface area contributed by atoms with Crippen LogP contribution in [0.5, 0.6) is 5.75 Å². The fourth-order valence-corrected chi connectivity index (χ4v) is 3.48. The van der Waals surface area contributed by atoms with Crippen LogP contribution in [0, 0.1) is 5.41 Å². The Morgan fingerprint density at radius 2 is 1.62 bits per heavy atom. The second kappa shape index (κ2) is 9.64. The normalized spacial score (nSPS) is 11.8. The van der Waals surface area contributed by atoms with Gasteiger partial charge in [0.2, 0.25) is 0 Å². The number of ether oxygens (including phenoxy) is 1. The highest BCUT2D eigenvalue weighted by Gasteiger charge is 2.25. The van der Waals surface area contributed by atoms with Crippen molar-refractivity contribution in [2.45, 2.75) is 59.7 Å². The molecule has 0 saturated carbocycles. The Morgan fingerprint density at radius 3 is 2.23 bits per heavy atom. The number of halogens is 2. The predicted octanol–water partition coefficient (Wildman–Crippen LogP) is 6.65. The topological polar surface area (TPSA) is 21.3 Å². The van der Waals surface area contributed by atoms with Crippen molar-refractivity contribution in [1.82, 2.24) is 5.32 Å². The summed E-state index contributed by atoms with van der Waals surface area (Å²) in [6.07, 6.45) is 1.08. The van der Waals surface area contributed by atoms with E-state index >= 15 is 0 Å². The Morgan fingerprint density at radius 1 is 0.962 bits per heavy atom. The third kappa shape index (κ3) is 7.99. The summed E-state index contributed by atoms with van der Waals surface area (Å²) in [4.78, 5) is 0. The highest BCUT2D eigenvalue weighted by Crippen LogP contribution is 2.29. The van der Waals surface area contributed by atoms with Gasteiger partial charge in [0.25, 0.3) is 0 Å². The van der Waals surface area contributed by atoms with Gasteiger partial charge >= 0.3 is 0 Å². The zero-order valence-corrected chi connectivity index (χ0v) is 18.0. The minimum atomic E-state index is 0. The van der Waals surface area contributed by atoms with Crippen molar-refractivity contribution in [2.24, 2.45) is 5.41 Å². The van der Waals surface area contributed by atoms with E-state index in [4.69, 9.17) is 16.3 Å². The van der Waals surface area contributed by atoms with E-state index in [-0.39, 0.29) is 23.4 Å². The molecule has 2 aromatic carbocycles. The van der Waals surface area contributed by atoms with Crippen LogP contribution in [0.1, 0.15) is 52.2 Å². The van der Waals surface area contributed by atoms with Gasteiger partial charge in [-0.25, -0.2) is 0 Å². The van der Waals surface area contributed by atoms with Crippen molar-refractivity contribution in [3.63, 3.8) is 0 Å². The maximum atomic E-state index is 6.21. The summed E-state index contributed by atoms with van der Waals surface area (Å²) in [6.45, 7) is 12.6. The van der Waals surface area contributed by atoms with Crippen molar-refractivity contribution in [2.75, 3.05) is 0 Å². The van der Waals surface area contributed by atoms with Crippen molar-refractivity contribution in [3.8, 4) is 5.75 Å². The molecule has 0 saturated heterocycles. The minimum Gasteiger partial charge on any atom is -0.489 e. The molecule has 0 amide bonds. The molecule has 0 radical (unpaired) electrons. The van der Waals surface area contributed by atoms with Crippen LogP contribution in [-0.4, -0.2) is 5.54 Å². The molecule has 0 spiro atoms. The molecule has 0 aliphatic carbocycles. The van der Waals surface area contributed by atoms with Crippen LogP contribution in [0.2, 0.25) is 5.02 Å². The van der Waals surface area contributed by atoms with Gasteiger partial charge in [0.15, 0.2) is 0 Å². The molecule has 0 aromatic heterocycles. The molecule has 2 rings (SSSR count). The number of nitrogens with one attached hydrogen (secondary N) is 1. The van der Waals surface area contributed by atoms with Gasteiger partial charge in [0.05, 0.1) is 0 Å². The molecule has 26 heavy (non-hydrogen) atoms. The zero-order valence-electron chi connectivity index (χ0n) is 16.4. The first kappa shape index (κ1) is 22.8. The van der Waals surface area contributed by atoms with Crippen LogP contribution in [0.3, 0.4) is 0 Å². The maximum absolute atomic E-state index is 6.21. The first-order valence-electron chi connectivity index (χ1n) is 8.85. The Labute approximate surface area is 169 Å². The largest absolute Gasteiger partial charge is 0.489 e. The summed E-state index contributed by atoms with van der Waals surface area (Å²) in [5.74, 6) is 0.882. The van der Waals surface area contributed by atoms with Crippen LogP contribution in [0.25, 0.3) is 0 Å². The molecule has 4 heteroatoms. The summed E-state index contributed by atoms with van der Waals surface area (Å²) in [7, 11) is 0. The lowest BCUT2D eigenvalue weighted by Gasteiger charge is -2.33. The summed E-state index contributed by atoms with van der Waals surface area (Å²) in [5, 5.41) is 4.39. The van der Waals surface area contributed by atoms with Gasteiger partial charge < -0.3 is 10.1 Å². The van der Waals surface area contributed by atoms with Gasteiger partial charge in [0, 0.05) is 22.7 Å². The van der Waals surface area contributed by atoms with E-state index in [1.165, 1.54) is 0 Å². The predicted molar refractivity (Wildman–Crippen MR) is 114 cm³/mol. The van der Waals surface area contributed by atoms with Crippen molar-refractivity contribution < 1.29 is 4.74 Å². The van der Waals surface area contributed by atoms with Gasteiger partial charge in [-0.3, -0.25) is 0 Å². The van der Waals surface area contributed by atoms with Crippen LogP contribution in [-0.2, 0) is 13.2 Å². The molecule has 0 aliphatic heterocycles. The zero-order chi connectivity index (χ0) is 18.5. The highest BCUT2D eigenvalue weighted by molar-refractivity contribution is 6.30. The second-order valence-corrected chi connectivity index (χ2v) is 8.94. The van der Waals surface area contributed by atoms with Gasteiger partial charge in [-0.1, -0.05) is 62.7 Å². The molecule has 0 fully saturated rings.